The molecule has 0 N–H and O–H groups in total. The van der Waals surface area contributed by atoms with Gasteiger partial charge in [-0.25, -0.2) is 4.98 Å². The first-order valence-electron chi connectivity index (χ1n) is 4.11. The van der Waals surface area contributed by atoms with E-state index in [1.165, 1.54) is 0 Å². The number of hydrogen-bond acceptors (Lipinski definition) is 2. The van der Waals surface area contributed by atoms with Crippen molar-refractivity contribution in [1.82, 2.24) is 9.55 Å². The highest BCUT2D eigenvalue weighted by Crippen LogP contribution is 2.09. The summed E-state index contributed by atoms with van der Waals surface area (Å²) < 4.78 is 2.02. The molecular weight excluding hydrogens is 152 g/mol. The molecule has 3 nitrogen and oxygen atoms in total. The molecule has 0 atom stereocenters. The van der Waals surface area contributed by atoms with Crippen LogP contribution in [-0.4, -0.2) is 15.3 Å². The van der Waals surface area contributed by atoms with Crippen LogP contribution in [0.5, 0.6) is 0 Å². The van der Waals surface area contributed by atoms with Crippen LogP contribution in [0.2, 0.25) is 0 Å². The predicted molar refractivity (Wildman–Crippen MR) is 47.0 cm³/mol. The van der Waals surface area contributed by atoms with Gasteiger partial charge in [-0.1, -0.05) is 0 Å². The molecule has 0 spiro atoms. The maximum Gasteiger partial charge on any atom is 0.135 e. The Morgan fingerprint density at radius 2 is 2.33 bits per heavy atom. The Kier molecular flexibility index (Phi) is 2.63. The maximum absolute atomic E-state index is 10.8. The lowest BCUT2D eigenvalue weighted by atomic mass is 10.2. The van der Waals surface area contributed by atoms with Gasteiger partial charge in [0.1, 0.15) is 5.78 Å². The number of carbonyl (C=O) groups excluding carboxylic acids is 1. The quantitative estimate of drug-likeness (QED) is 0.683. The summed E-state index contributed by atoms with van der Waals surface area (Å²) in [6, 6.07) is 0.377. The van der Waals surface area contributed by atoms with Gasteiger partial charge in [-0.2, -0.15) is 0 Å². The minimum Gasteiger partial charge on any atom is -0.332 e. The molecule has 0 amide bonds. The highest BCUT2D eigenvalue weighted by atomic mass is 16.1. The number of aromatic nitrogens is 2. The largest absolute Gasteiger partial charge is 0.332 e. The second-order valence-electron chi connectivity index (χ2n) is 3.26. The molecule has 0 aliphatic rings. The van der Waals surface area contributed by atoms with Crippen LogP contribution < -0.4 is 0 Å². The van der Waals surface area contributed by atoms with Gasteiger partial charge < -0.3 is 4.57 Å². The number of ketones is 1. The third-order valence-electron chi connectivity index (χ3n) is 1.73. The molecule has 12 heavy (non-hydrogen) atoms. The topological polar surface area (TPSA) is 34.9 Å². The molecule has 3 heteroatoms. The van der Waals surface area contributed by atoms with E-state index in [-0.39, 0.29) is 5.78 Å². The molecule has 66 valence electrons. The molecule has 1 heterocycles. The highest BCUT2D eigenvalue weighted by Gasteiger charge is 2.06. The number of Topliss-reactive ketones (excluding diaryl/α,β-unsaturated/α-hetero) is 1. The summed E-state index contributed by atoms with van der Waals surface area (Å²) in [6.45, 7) is 5.74. The van der Waals surface area contributed by atoms with Crippen LogP contribution in [0, 0.1) is 0 Å². The van der Waals surface area contributed by atoms with Gasteiger partial charge in [-0.3, -0.25) is 4.79 Å². The lowest BCUT2D eigenvalue weighted by Crippen LogP contribution is -2.07. The van der Waals surface area contributed by atoms with Gasteiger partial charge in [0.05, 0.1) is 6.33 Å². The summed E-state index contributed by atoms with van der Waals surface area (Å²) in [7, 11) is 0. The number of hydrogen-bond donors (Lipinski definition) is 0. The third kappa shape index (κ3) is 1.94. The average Bonchev–Trinajstić information content (AvgIpc) is 2.33. The minimum atomic E-state index is 0.178. The Labute approximate surface area is 72.4 Å². The average molecular weight is 166 g/mol. The van der Waals surface area contributed by atoms with E-state index in [4.69, 9.17) is 0 Å². The Bertz CT molecular complexity index is 276. The van der Waals surface area contributed by atoms with E-state index < -0.39 is 0 Å². The molecule has 0 radical (unpaired) electrons. The van der Waals surface area contributed by atoms with Crippen molar-refractivity contribution >= 4 is 5.78 Å². The SMILES string of the molecule is CC(=O)Cc1cncn1C(C)C. The van der Waals surface area contributed by atoms with Gasteiger partial charge >= 0.3 is 0 Å². The van der Waals surface area contributed by atoms with Gasteiger partial charge in [0, 0.05) is 24.4 Å². The first-order valence-corrected chi connectivity index (χ1v) is 4.11. The van der Waals surface area contributed by atoms with Crippen molar-refractivity contribution in [3.8, 4) is 0 Å². The van der Waals surface area contributed by atoms with E-state index in [9.17, 15) is 4.79 Å². The van der Waals surface area contributed by atoms with Gasteiger partial charge in [-0.15, -0.1) is 0 Å². The van der Waals surface area contributed by atoms with Crippen molar-refractivity contribution in [3.63, 3.8) is 0 Å². The second-order valence-corrected chi connectivity index (χ2v) is 3.26. The van der Waals surface area contributed by atoms with Gasteiger partial charge in [0.2, 0.25) is 0 Å². The zero-order chi connectivity index (χ0) is 9.14. The van der Waals surface area contributed by atoms with E-state index in [0.29, 0.717) is 12.5 Å². The fourth-order valence-corrected chi connectivity index (χ4v) is 1.19. The van der Waals surface area contributed by atoms with Crippen LogP contribution in [0.1, 0.15) is 32.5 Å². The summed E-state index contributed by atoms with van der Waals surface area (Å²) in [5, 5.41) is 0. The van der Waals surface area contributed by atoms with E-state index in [2.05, 4.69) is 18.8 Å². The zero-order valence-electron chi connectivity index (χ0n) is 7.74. The van der Waals surface area contributed by atoms with Gasteiger partial charge in [0.25, 0.3) is 0 Å². The Hall–Kier alpha value is -1.12. The molecule has 1 aromatic rings. The van der Waals surface area contributed by atoms with Crippen molar-refractivity contribution in [1.29, 1.82) is 0 Å². The van der Waals surface area contributed by atoms with Crippen molar-refractivity contribution < 1.29 is 4.79 Å². The summed E-state index contributed by atoms with van der Waals surface area (Å²) in [5.41, 5.74) is 0.998. The van der Waals surface area contributed by atoms with Crippen molar-refractivity contribution in [2.45, 2.75) is 33.2 Å². The van der Waals surface area contributed by atoms with E-state index in [1.807, 2.05) is 4.57 Å². The number of carbonyl (C=O) groups is 1. The van der Waals surface area contributed by atoms with Crippen LogP contribution in [-0.2, 0) is 11.2 Å². The number of nitrogens with zero attached hydrogens (tertiary/aromatic N) is 2. The normalized spacial score (nSPS) is 10.7. The van der Waals surface area contributed by atoms with Gasteiger partial charge in [0.15, 0.2) is 0 Å². The molecule has 1 aromatic heterocycles. The molecule has 0 bridgehead atoms. The second kappa shape index (κ2) is 3.52. The van der Waals surface area contributed by atoms with Gasteiger partial charge in [-0.05, 0) is 20.8 Å². The monoisotopic (exact) mass is 166 g/mol. The Morgan fingerprint density at radius 1 is 1.67 bits per heavy atom. The fourth-order valence-electron chi connectivity index (χ4n) is 1.19. The Morgan fingerprint density at radius 3 is 2.83 bits per heavy atom. The van der Waals surface area contributed by atoms with Crippen LogP contribution in [0.4, 0.5) is 0 Å². The van der Waals surface area contributed by atoms with Crippen LogP contribution in [0.25, 0.3) is 0 Å². The molecule has 0 unspecified atom stereocenters. The molecule has 0 aliphatic carbocycles. The van der Waals surface area contributed by atoms with Crippen LogP contribution >= 0.6 is 0 Å². The van der Waals surface area contributed by atoms with E-state index >= 15 is 0 Å². The molecule has 1 rings (SSSR count). The highest BCUT2D eigenvalue weighted by molar-refractivity contribution is 5.77. The van der Waals surface area contributed by atoms with E-state index in [1.54, 1.807) is 19.4 Å². The zero-order valence-corrected chi connectivity index (χ0v) is 7.74. The lowest BCUT2D eigenvalue weighted by Gasteiger charge is -2.09. The first-order chi connectivity index (χ1) is 5.61. The van der Waals surface area contributed by atoms with Crippen molar-refractivity contribution in [2.75, 3.05) is 0 Å². The number of imidazole rings is 1. The molecule has 0 aliphatic heterocycles. The third-order valence-corrected chi connectivity index (χ3v) is 1.73. The maximum atomic E-state index is 10.8. The van der Waals surface area contributed by atoms with Crippen LogP contribution in [0.3, 0.4) is 0 Å². The van der Waals surface area contributed by atoms with Crippen molar-refractivity contribution in [3.05, 3.63) is 18.2 Å². The fraction of sp³-hybridized carbons (Fsp3) is 0.556. The summed E-state index contributed by atoms with van der Waals surface area (Å²) in [4.78, 5) is 14.9. The molecule has 0 saturated heterocycles. The van der Waals surface area contributed by atoms with E-state index in [0.717, 1.165) is 5.69 Å². The number of rotatable bonds is 3. The summed E-state index contributed by atoms with van der Waals surface area (Å²) >= 11 is 0. The summed E-state index contributed by atoms with van der Waals surface area (Å²) in [6.07, 6.45) is 4.00. The first kappa shape index (κ1) is 8.97. The van der Waals surface area contributed by atoms with Crippen LogP contribution in [0.15, 0.2) is 12.5 Å². The summed E-state index contributed by atoms with van der Waals surface area (Å²) in [5.74, 6) is 0.178. The lowest BCUT2D eigenvalue weighted by molar-refractivity contribution is -0.116. The predicted octanol–water partition coefficient (Wildman–Crippen LogP) is 1.60. The Balaban J connectivity index is 2.84. The molecule has 0 saturated carbocycles. The molecular formula is C9H14N2O. The standard InChI is InChI=1S/C9H14N2O/c1-7(2)11-6-10-5-9(11)4-8(3)12/h5-7H,4H2,1-3H3. The minimum absolute atomic E-state index is 0.178. The molecule has 0 fully saturated rings. The molecule has 0 aromatic carbocycles. The smallest absolute Gasteiger partial charge is 0.135 e. The van der Waals surface area contributed by atoms with Crippen molar-refractivity contribution in [2.24, 2.45) is 0 Å².